The molecule has 0 unspecified atom stereocenters. The maximum atomic E-state index is 11.7. The third kappa shape index (κ3) is 4.02. The van der Waals surface area contributed by atoms with Gasteiger partial charge in [-0.25, -0.2) is 0 Å². The Labute approximate surface area is 116 Å². The van der Waals surface area contributed by atoms with Crippen LogP contribution in [-0.2, 0) is 4.79 Å². The molecule has 1 aromatic rings. The van der Waals surface area contributed by atoms with E-state index < -0.39 is 0 Å². The van der Waals surface area contributed by atoms with Crippen molar-refractivity contribution >= 4 is 27.5 Å². The van der Waals surface area contributed by atoms with Gasteiger partial charge in [-0.05, 0) is 40.9 Å². The van der Waals surface area contributed by atoms with Gasteiger partial charge >= 0.3 is 0 Å². The third-order valence-corrected chi connectivity index (χ3v) is 3.95. The Morgan fingerprint density at radius 3 is 2.72 bits per heavy atom. The van der Waals surface area contributed by atoms with Crippen LogP contribution in [0.25, 0.3) is 0 Å². The third-order valence-electron chi connectivity index (χ3n) is 3.26. The molecule has 1 aromatic carbocycles. The molecule has 3 nitrogen and oxygen atoms in total. The highest BCUT2D eigenvalue weighted by Gasteiger charge is 2.16. The van der Waals surface area contributed by atoms with Crippen LogP contribution in [0.1, 0.15) is 32.1 Å². The number of para-hydroxylation sites is 1. The van der Waals surface area contributed by atoms with Gasteiger partial charge in [-0.2, -0.15) is 0 Å². The molecule has 0 spiro atoms. The molecule has 1 amide bonds. The van der Waals surface area contributed by atoms with Gasteiger partial charge in [0, 0.05) is 29.2 Å². The minimum atomic E-state index is 0.154. The van der Waals surface area contributed by atoms with Crippen molar-refractivity contribution in [2.45, 2.75) is 38.1 Å². The van der Waals surface area contributed by atoms with E-state index in [-0.39, 0.29) is 5.91 Å². The standard InChI is InChI=1S/C14H19BrN2O/c15-12-7-3-4-8-13(12)16-10-9-14(18)17-11-5-1-2-6-11/h3-4,7-8,11,16H,1-2,5-6,9-10H2,(H,17,18). The summed E-state index contributed by atoms with van der Waals surface area (Å²) in [6.45, 7) is 0.668. The molecule has 0 heterocycles. The topological polar surface area (TPSA) is 41.1 Å². The molecule has 0 atom stereocenters. The van der Waals surface area contributed by atoms with Crippen molar-refractivity contribution in [2.75, 3.05) is 11.9 Å². The second kappa shape index (κ2) is 6.78. The highest BCUT2D eigenvalue weighted by molar-refractivity contribution is 9.10. The SMILES string of the molecule is O=C(CCNc1ccccc1Br)NC1CCCC1. The first-order valence-corrected chi connectivity index (χ1v) is 7.33. The van der Waals surface area contributed by atoms with Crippen LogP contribution in [0.5, 0.6) is 0 Å². The van der Waals surface area contributed by atoms with E-state index in [4.69, 9.17) is 0 Å². The number of hydrogen-bond acceptors (Lipinski definition) is 2. The monoisotopic (exact) mass is 310 g/mol. The molecule has 1 aliphatic rings. The lowest BCUT2D eigenvalue weighted by atomic mass is 10.2. The summed E-state index contributed by atoms with van der Waals surface area (Å²) in [5, 5.41) is 6.35. The summed E-state index contributed by atoms with van der Waals surface area (Å²) >= 11 is 3.47. The summed E-state index contributed by atoms with van der Waals surface area (Å²) in [5.41, 5.74) is 1.03. The number of carbonyl (C=O) groups is 1. The minimum absolute atomic E-state index is 0.154. The molecule has 0 aliphatic heterocycles. The fourth-order valence-corrected chi connectivity index (χ4v) is 2.71. The zero-order chi connectivity index (χ0) is 12.8. The van der Waals surface area contributed by atoms with Gasteiger partial charge in [0.2, 0.25) is 5.91 Å². The van der Waals surface area contributed by atoms with E-state index in [1.54, 1.807) is 0 Å². The molecule has 4 heteroatoms. The lowest BCUT2D eigenvalue weighted by molar-refractivity contribution is -0.121. The van der Waals surface area contributed by atoms with Crippen molar-refractivity contribution in [2.24, 2.45) is 0 Å². The Bertz CT molecular complexity index is 403. The summed E-state index contributed by atoms with van der Waals surface area (Å²) in [6, 6.07) is 8.36. The predicted molar refractivity (Wildman–Crippen MR) is 77.6 cm³/mol. The van der Waals surface area contributed by atoms with Crippen molar-refractivity contribution in [3.8, 4) is 0 Å². The molecular weight excluding hydrogens is 292 g/mol. The van der Waals surface area contributed by atoms with Gasteiger partial charge in [0.25, 0.3) is 0 Å². The molecule has 18 heavy (non-hydrogen) atoms. The molecule has 0 bridgehead atoms. The highest BCUT2D eigenvalue weighted by atomic mass is 79.9. The normalized spacial score (nSPS) is 15.6. The van der Waals surface area contributed by atoms with Gasteiger partial charge in [0.1, 0.15) is 0 Å². The number of benzene rings is 1. The highest BCUT2D eigenvalue weighted by Crippen LogP contribution is 2.21. The van der Waals surface area contributed by atoms with E-state index in [9.17, 15) is 4.79 Å². The number of hydrogen-bond donors (Lipinski definition) is 2. The predicted octanol–water partition coefficient (Wildman–Crippen LogP) is 3.31. The van der Waals surface area contributed by atoms with Gasteiger partial charge in [-0.15, -0.1) is 0 Å². The summed E-state index contributed by atoms with van der Waals surface area (Å²) in [7, 11) is 0. The van der Waals surface area contributed by atoms with Crippen molar-refractivity contribution < 1.29 is 4.79 Å². The fraction of sp³-hybridized carbons (Fsp3) is 0.500. The van der Waals surface area contributed by atoms with Gasteiger partial charge in [0.15, 0.2) is 0 Å². The molecule has 2 N–H and O–H groups in total. The molecule has 2 rings (SSSR count). The molecule has 98 valence electrons. The maximum absolute atomic E-state index is 11.7. The summed E-state index contributed by atoms with van der Waals surface area (Å²) in [5.74, 6) is 0.154. The Morgan fingerprint density at radius 1 is 1.28 bits per heavy atom. The average Bonchev–Trinajstić information content (AvgIpc) is 2.84. The molecule has 1 aliphatic carbocycles. The molecule has 0 aromatic heterocycles. The van der Waals surface area contributed by atoms with E-state index >= 15 is 0 Å². The van der Waals surface area contributed by atoms with Crippen LogP contribution >= 0.6 is 15.9 Å². The minimum Gasteiger partial charge on any atom is -0.384 e. The fourth-order valence-electron chi connectivity index (χ4n) is 2.29. The number of rotatable bonds is 5. The molecule has 0 saturated heterocycles. The second-order valence-corrected chi connectivity index (χ2v) is 5.56. The number of nitrogens with one attached hydrogen (secondary N) is 2. The number of halogens is 1. The van der Waals surface area contributed by atoms with Crippen LogP contribution in [0.2, 0.25) is 0 Å². The zero-order valence-corrected chi connectivity index (χ0v) is 12.0. The van der Waals surface area contributed by atoms with Crippen LogP contribution in [0.15, 0.2) is 28.7 Å². The first-order chi connectivity index (χ1) is 8.75. The number of anilines is 1. The average molecular weight is 311 g/mol. The van der Waals surface area contributed by atoms with Crippen molar-refractivity contribution in [3.05, 3.63) is 28.7 Å². The van der Waals surface area contributed by atoms with Gasteiger partial charge < -0.3 is 10.6 Å². The first kappa shape index (κ1) is 13.4. The molecule has 1 saturated carbocycles. The van der Waals surface area contributed by atoms with Crippen LogP contribution in [0.4, 0.5) is 5.69 Å². The summed E-state index contributed by atoms with van der Waals surface area (Å²) < 4.78 is 1.03. The zero-order valence-electron chi connectivity index (χ0n) is 10.4. The van der Waals surface area contributed by atoms with E-state index in [1.165, 1.54) is 12.8 Å². The van der Waals surface area contributed by atoms with E-state index in [0.717, 1.165) is 23.0 Å². The molecule has 1 fully saturated rings. The largest absolute Gasteiger partial charge is 0.384 e. The Kier molecular flexibility index (Phi) is 5.05. The first-order valence-electron chi connectivity index (χ1n) is 6.53. The second-order valence-electron chi connectivity index (χ2n) is 4.71. The van der Waals surface area contributed by atoms with E-state index in [1.807, 2.05) is 24.3 Å². The van der Waals surface area contributed by atoms with Gasteiger partial charge in [0.05, 0.1) is 0 Å². The van der Waals surface area contributed by atoms with Crippen LogP contribution < -0.4 is 10.6 Å². The Hall–Kier alpha value is -1.03. The van der Waals surface area contributed by atoms with E-state index in [2.05, 4.69) is 26.6 Å². The van der Waals surface area contributed by atoms with Crippen LogP contribution in [0, 0.1) is 0 Å². The van der Waals surface area contributed by atoms with Gasteiger partial charge in [-0.3, -0.25) is 4.79 Å². The van der Waals surface area contributed by atoms with E-state index in [0.29, 0.717) is 19.0 Å². The van der Waals surface area contributed by atoms with Crippen LogP contribution in [0.3, 0.4) is 0 Å². The Morgan fingerprint density at radius 2 is 2.00 bits per heavy atom. The van der Waals surface area contributed by atoms with Crippen molar-refractivity contribution in [1.29, 1.82) is 0 Å². The Balaban J connectivity index is 1.68. The van der Waals surface area contributed by atoms with Crippen molar-refractivity contribution in [3.63, 3.8) is 0 Å². The number of amides is 1. The van der Waals surface area contributed by atoms with Crippen LogP contribution in [-0.4, -0.2) is 18.5 Å². The summed E-state index contributed by atoms with van der Waals surface area (Å²) in [4.78, 5) is 11.7. The van der Waals surface area contributed by atoms with Crippen molar-refractivity contribution in [1.82, 2.24) is 5.32 Å². The smallest absolute Gasteiger partial charge is 0.221 e. The lowest BCUT2D eigenvalue weighted by Gasteiger charge is -2.12. The molecular formula is C14H19BrN2O. The quantitative estimate of drug-likeness (QED) is 0.876. The maximum Gasteiger partial charge on any atom is 0.221 e. The lowest BCUT2D eigenvalue weighted by Crippen LogP contribution is -2.33. The molecule has 0 radical (unpaired) electrons. The van der Waals surface area contributed by atoms with Gasteiger partial charge in [-0.1, -0.05) is 25.0 Å². The summed E-state index contributed by atoms with van der Waals surface area (Å²) in [6.07, 6.45) is 5.31. The number of carbonyl (C=O) groups excluding carboxylic acids is 1.